The molecule has 1 unspecified atom stereocenters. The first-order valence-electron chi connectivity index (χ1n) is 10.7. The van der Waals surface area contributed by atoms with Gasteiger partial charge >= 0.3 is 0 Å². The van der Waals surface area contributed by atoms with Gasteiger partial charge in [-0.3, -0.25) is 14.5 Å². The second-order valence-electron chi connectivity index (χ2n) is 8.01. The predicted octanol–water partition coefficient (Wildman–Crippen LogP) is 3.77. The van der Waals surface area contributed by atoms with Crippen LogP contribution < -0.4 is 5.32 Å². The fourth-order valence-electron chi connectivity index (χ4n) is 4.19. The van der Waals surface area contributed by atoms with Crippen molar-refractivity contribution < 1.29 is 14.0 Å². The van der Waals surface area contributed by atoms with Crippen LogP contribution in [-0.4, -0.2) is 58.8 Å². The van der Waals surface area contributed by atoms with Crippen LogP contribution in [0.1, 0.15) is 40.9 Å². The highest BCUT2D eigenvalue weighted by atomic mass is 32.2. The molecule has 6 nitrogen and oxygen atoms in total. The largest absolute Gasteiger partial charge is 0.459 e. The summed E-state index contributed by atoms with van der Waals surface area (Å²) in [4.78, 5) is 30.0. The van der Waals surface area contributed by atoms with E-state index in [-0.39, 0.29) is 17.6 Å². The van der Waals surface area contributed by atoms with Crippen molar-refractivity contribution in [2.45, 2.75) is 38.8 Å². The summed E-state index contributed by atoms with van der Waals surface area (Å²) in [5.41, 5.74) is 3.13. The van der Waals surface area contributed by atoms with Gasteiger partial charge in [-0.15, -0.1) is 0 Å². The molecule has 1 aromatic carbocycles. The average Bonchev–Trinajstić information content (AvgIpc) is 3.31. The number of carbonyl (C=O) groups is 2. The number of piperidine rings is 1. The minimum absolute atomic E-state index is 0.126. The highest BCUT2D eigenvalue weighted by Gasteiger charge is 2.33. The minimum Gasteiger partial charge on any atom is -0.459 e. The molecule has 1 N–H and O–H groups in total. The van der Waals surface area contributed by atoms with Crippen molar-refractivity contribution in [3.05, 3.63) is 53.5 Å². The number of carbonyl (C=O) groups excluding carboxylic acids is 2. The number of benzene rings is 1. The van der Waals surface area contributed by atoms with Crippen molar-refractivity contribution in [1.82, 2.24) is 9.80 Å². The summed E-state index contributed by atoms with van der Waals surface area (Å²) < 4.78 is 5.26. The summed E-state index contributed by atoms with van der Waals surface area (Å²) in [6.07, 6.45) is 3.99. The number of thioether (sulfide) groups is 1. The fraction of sp³-hybridized carbons (Fsp3) is 0.478. The van der Waals surface area contributed by atoms with Crippen LogP contribution in [0.15, 0.2) is 41.0 Å². The molecule has 3 heterocycles. The third kappa shape index (κ3) is 4.90. The van der Waals surface area contributed by atoms with Crippen molar-refractivity contribution in [2.75, 3.05) is 36.5 Å². The van der Waals surface area contributed by atoms with E-state index in [0.717, 1.165) is 43.7 Å². The van der Waals surface area contributed by atoms with Gasteiger partial charge in [-0.2, -0.15) is 11.8 Å². The quantitative estimate of drug-likeness (QED) is 0.787. The molecule has 0 radical (unpaired) electrons. The van der Waals surface area contributed by atoms with Gasteiger partial charge in [0.1, 0.15) is 6.04 Å². The van der Waals surface area contributed by atoms with Gasteiger partial charge in [0.25, 0.3) is 5.91 Å². The van der Waals surface area contributed by atoms with Gasteiger partial charge < -0.3 is 14.6 Å². The maximum Gasteiger partial charge on any atom is 0.290 e. The number of anilines is 1. The predicted molar refractivity (Wildman–Crippen MR) is 120 cm³/mol. The van der Waals surface area contributed by atoms with Gasteiger partial charge in [0.2, 0.25) is 5.91 Å². The molecule has 160 valence electrons. The number of nitrogens with one attached hydrogen (secondary N) is 1. The Bertz CT molecular complexity index is 878. The van der Waals surface area contributed by atoms with E-state index in [9.17, 15) is 9.59 Å². The average molecular weight is 428 g/mol. The van der Waals surface area contributed by atoms with Crippen molar-refractivity contribution in [1.29, 1.82) is 0 Å². The molecule has 2 aliphatic rings. The summed E-state index contributed by atoms with van der Waals surface area (Å²) >= 11 is 2.01. The number of likely N-dealkylation sites (tertiary alicyclic amines) is 1. The molecule has 30 heavy (non-hydrogen) atoms. The third-order valence-electron chi connectivity index (χ3n) is 5.86. The second-order valence-corrected chi connectivity index (χ2v) is 9.24. The monoisotopic (exact) mass is 427 g/mol. The first-order valence-corrected chi connectivity index (χ1v) is 11.8. The van der Waals surface area contributed by atoms with Crippen LogP contribution in [-0.2, 0) is 11.3 Å². The van der Waals surface area contributed by atoms with Crippen LogP contribution in [0.3, 0.4) is 0 Å². The Balaban J connectivity index is 1.42. The van der Waals surface area contributed by atoms with Crippen LogP contribution in [0.4, 0.5) is 5.69 Å². The molecule has 7 heteroatoms. The van der Waals surface area contributed by atoms with Crippen molar-refractivity contribution >= 4 is 29.3 Å². The highest BCUT2D eigenvalue weighted by Crippen LogP contribution is 2.24. The maximum absolute atomic E-state index is 13.1. The van der Waals surface area contributed by atoms with Crippen molar-refractivity contribution in [2.24, 2.45) is 0 Å². The van der Waals surface area contributed by atoms with Crippen LogP contribution in [0.25, 0.3) is 0 Å². The van der Waals surface area contributed by atoms with Crippen molar-refractivity contribution in [3.63, 3.8) is 0 Å². The zero-order chi connectivity index (χ0) is 20.9. The topological polar surface area (TPSA) is 65.8 Å². The smallest absolute Gasteiger partial charge is 0.290 e. The van der Waals surface area contributed by atoms with Gasteiger partial charge in [0.15, 0.2) is 5.76 Å². The van der Waals surface area contributed by atoms with Crippen LogP contribution in [0.2, 0.25) is 0 Å². The molecule has 2 saturated heterocycles. The third-order valence-corrected chi connectivity index (χ3v) is 6.80. The van der Waals surface area contributed by atoms with E-state index in [1.54, 1.807) is 17.0 Å². The lowest BCUT2D eigenvalue weighted by Gasteiger charge is -2.34. The zero-order valence-electron chi connectivity index (χ0n) is 17.4. The van der Waals surface area contributed by atoms with E-state index in [2.05, 4.69) is 22.3 Å². The zero-order valence-corrected chi connectivity index (χ0v) is 18.2. The maximum atomic E-state index is 13.1. The van der Waals surface area contributed by atoms with Gasteiger partial charge in [0, 0.05) is 43.4 Å². The highest BCUT2D eigenvalue weighted by molar-refractivity contribution is 7.99. The number of hydrogen-bond donors (Lipinski definition) is 1. The Morgan fingerprint density at radius 3 is 2.73 bits per heavy atom. The molecule has 0 spiro atoms. The lowest BCUT2D eigenvalue weighted by Crippen LogP contribution is -2.50. The molecular formula is C23H29N3O3S. The molecule has 2 aliphatic heterocycles. The normalized spacial score (nSPS) is 20.2. The summed E-state index contributed by atoms with van der Waals surface area (Å²) in [6, 6.07) is 9.11. The molecule has 0 saturated carbocycles. The molecule has 1 aromatic heterocycles. The Morgan fingerprint density at radius 2 is 2.00 bits per heavy atom. The van der Waals surface area contributed by atoms with Gasteiger partial charge in [0.05, 0.1) is 6.26 Å². The first kappa shape index (κ1) is 21.0. The Hall–Kier alpha value is -2.25. The van der Waals surface area contributed by atoms with E-state index < -0.39 is 6.04 Å². The van der Waals surface area contributed by atoms with Crippen LogP contribution in [0, 0.1) is 6.92 Å². The summed E-state index contributed by atoms with van der Waals surface area (Å²) in [6.45, 7) is 5.80. The lowest BCUT2D eigenvalue weighted by molar-refractivity contribution is -0.121. The summed E-state index contributed by atoms with van der Waals surface area (Å²) in [7, 11) is 0. The molecule has 1 atom stereocenters. The van der Waals surface area contributed by atoms with E-state index in [1.165, 1.54) is 23.3 Å². The standard InChI is InChI=1S/C23H29N3O3S/c1-17-15-18(16-25-10-13-30-14-11-25)7-8-19(17)24-22(27)20-5-2-3-9-26(20)23(28)21-6-4-12-29-21/h4,6-8,12,15,20H,2-3,5,9-11,13-14,16H2,1H3,(H,24,27). The molecular weight excluding hydrogens is 398 g/mol. The Morgan fingerprint density at radius 1 is 1.17 bits per heavy atom. The second kappa shape index (κ2) is 9.71. The van der Waals surface area contributed by atoms with E-state index in [4.69, 9.17) is 4.42 Å². The number of nitrogens with zero attached hydrogens (tertiary/aromatic N) is 2. The van der Waals surface area contributed by atoms with E-state index in [1.807, 2.05) is 24.8 Å². The summed E-state index contributed by atoms with van der Waals surface area (Å²) in [5.74, 6) is 2.33. The Kier molecular flexibility index (Phi) is 6.79. The Labute approximate surface area is 182 Å². The fourth-order valence-corrected chi connectivity index (χ4v) is 5.17. The summed E-state index contributed by atoms with van der Waals surface area (Å²) in [5, 5.41) is 3.06. The van der Waals surface area contributed by atoms with Gasteiger partial charge in [-0.05, 0) is 55.5 Å². The number of hydrogen-bond acceptors (Lipinski definition) is 5. The molecule has 0 aliphatic carbocycles. The SMILES string of the molecule is Cc1cc(CN2CCSCC2)ccc1NC(=O)C1CCCCN1C(=O)c1ccco1. The number of furan rings is 1. The molecule has 0 bridgehead atoms. The van der Waals surface area contributed by atoms with E-state index in [0.29, 0.717) is 13.0 Å². The number of amides is 2. The number of aryl methyl sites for hydroxylation is 1. The minimum atomic E-state index is -0.471. The molecule has 4 rings (SSSR count). The van der Waals surface area contributed by atoms with E-state index >= 15 is 0 Å². The van der Waals surface area contributed by atoms with Crippen LogP contribution >= 0.6 is 11.8 Å². The van der Waals surface area contributed by atoms with Gasteiger partial charge in [-0.1, -0.05) is 12.1 Å². The van der Waals surface area contributed by atoms with Crippen LogP contribution in [0.5, 0.6) is 0 Å². The first-order chi connectivity index (χ1) is 14.6. The van der Waals surface area contributed by atoms with Gasteiger partial charge in [-0.25, -0.2) is 0 Å². The molecule has 2 aromatic rings. The van der Waals surface area contributed by atoms with Crippen molar-refractivity contribution in [3.8, 4) is 0 Å². The molecule has 2 amide bonds. The lowest BCUT2D eigenvalue weighted by atomic mass is 10.0. The number of rotatable bonds is 5. The molecule has 2 fully saturated rings.